The van der Waals surface area contributed by atoms with E-state index in [2.05, 4.69) is 98.8 Å². The highest BCUT2D eigenvalue weighted by Gasteiger charge is 2.20. The largest absolute Gasteiger partial charge is 0.206 e. The minimum Gasteiger partial charge on any atom is -0.206 e. The van der Waals surface area contributed by atoms with Crippen LogP contribution in [0.3, 0.4) is 0 Å². The van der Waals surface area contributed by atoms with E-state index in [-0.39, 0.29) is 5.82 Å². The van der Waals surface area contributed by atoms with Gasteiger partial charge in [0.05, 0.1) is 0 Å². The van der Waals surface area contributed by atoms with Crippen LogP contribution in [0.2, 0.25) is 0 Å². The van der Waals surface area contributed by atoms with Crippen LogP contribution in [0.25, 0.3) is 23.3 Å². The molecular weight excluding hydrogens is 499 g/mol. The molecule has 1 heteroatoms. The first-order chi connectivity index (χ1) is 20.1. The number of benzene rings is 4. The molecule has 0 heterocycles. The normalized spacial score (nSPS) is 18.0. The van der Waals surface area contributed by atoms with Crippen LogP contribution in [0.15, 0.2) is 97.1 Å². The Morgan fingerprint density at radius 3 is 1.95 bits per heavy atom. The van der Waals surface area contributed by atoms with E-state index in [1.807, 2.05) is 18.2 Å². The molecular formula is C40H45F. The fourth-order valence-electron chi connectivity index (χ4n) is 6.51. The van der Waals surface area contributed by atoms with Gasteiger partial charge in [0, 0.05) is 5.56 Å². The van der Waals surface area contributed by atoms with E-state index in [1.165, 1.54) is 67.2 Å². The first-order valence-corrected chi connectivity index (χ1v) is 15.8. The van der Waals surface area contributed by atoms with Gasteiger partial charge in [-0.05, 0) is 76.5 Å². The molecule has 0 saturated heterocycles. The Morgan fingerprint density at radius 1 is 0.707 bits per heavy atom. The van der Waals surface area contributed by atoms with Crippen LogP contribution in [0.4, 0.5) is 4.39 Å². The maximum atomic E-state index is 14.9. The van der Waals surface area contributed by atoms with Gasteiger partial charge in [0.15, 0.2) is 0 Å². The van der Waals surface area contributed by atoms with Crippen molar-refractivity contribution in [2.45, 2.75) is 77.6 Å². The molecule has 0 radical (unpaired) electrons. The number of hydrogen-bond donors (Lipinski definition) is 0. The Morgan fingerprint density at radius 2 is 1.32 bits per heavy atom. The molecule has 0 nitrogen and oxygen atoms in total. The molecule has 1 aliphatic carbocycles. The Bertz CT molecular complexity index is 1370. The highest BCUT2D eigenvalue weighted by molar-refractivity contribution is 5.72. The summed E-state index contributed by atoms with van der Waals surface area (Å²) in [5, 5.41) is 0. The standard InChI is InChI=1S/C40H45F/c1-3-7-31-10-12-32(13-11-31)14-15-35-21-27-39(40(41)29-35)26-18-33-16-22-37(23-17-33)38-24-19-34(20-25-38)28-30(2)36-8-5-4-6-9-36/h4-6,8-9,16-27,29-32H,3,7,10-15,28H2,1-2H3/t30-,31?,32?/m1/s1. The lowest BCUT2D eigenvalue weighted by Gasteiger charge is -2.28. The average Bonchev–Trinajstić information content (AvgIpc) is 3.01. The summed E-state index contributed by atoms with van der Waals surface area (Å²) in [4.78, 5) is 0. The van der Waals surface area contributed by atoms with Crippen LogP contribution >= 0.6 is 0 Å². The van der Waals surface area contributed by atoms with E-state index in [9.17, 15) is 4.39 Å². The first kappa shape index (κ1) is 29.1. The van der Waals surface area contributed by atoms with Gasteiger partial charge in [0.25, 0.3) is 0 Å². The van der Waals surface area contributed by atoms with Crippen LogP contribution in [0.5, 0.6) is 0 Å². The third-order valence-electron chi connectivity index (χ3n) is 9.13. The van der Waals surface area contributed by atoms with Gasteiger partial charge in [-0.25, -0.2) is 4.39 Å². The molecule has 1 saturated carbocycles. The molecule has 5 rings (SSSR count). The number of hydrogen-bond acceptors (Lipinski definition) is 0. The van der Waals surface area contributed by atoms with E-state index in [1.54, 1.807) is 6.07 Å². The van der Waals surface area contributed by atoms with Crippen molar-refractivity contribution in [3.8, 4) is 11.1 Å². The van der Waals surface area contributed by atoms with Crippen LogP contribution < -0.4 is 0 Å². The Labute approximate surface area is 247 Å². The maximum absolute atomic E-state index is 14.9. The number of rotatable bonds is 11. The topological polar surface area (TPSA) is 0 Å². The minimum atomic E-state index is -0.122. The summed E-state index contributed by atoms with van der Waals surface area (Å²) in [5.74, 6) is 2.13. The smallest absolute Gasteiger partial charge is 0.130 e. The third-order valence-corrected chi connectivity index (χ3v) is 9.13. The monoisotopic (exact) mass is 544 g/mol. The average molecular weight is 545 g/mol. The lowest BCUT2D eigenvalue weighted by Crippen LogP contribution is -2.15. The molecule has 1 aliphatic rings. The number of halogens is 1. The van der Waals surface area contributed by atoms with Crippen molar-refractivity contribution in [3.05, 3.63) is 131 Å². The summed E-state index contributed by atoms with van der Waals surface area (Å²) in [6.07, 6.45) is 15.3. The van der Waals surface area contributed by atoms with Gasteiger partial charge in [-0.1, -0.05) is 156 Å². The molecule has 1 atom stereocenters. The first-order valence-electron chi connectivity index (χ1n) is 15.8. The van der Waals surface area contributed by atoms with Crippen molar-refractivity contribution in [1.82, 2.24) is 0 Å². The predicted molar refractivity (Wildman–Crippen MR) is 174 cm³/mol. The maximum Gasteiger partial charge on any atom is 0.130 e. The summed E-state index contributed by atoms with van der Waals surface area (Å²) >= 11 is 0. The molecule has 4 aromatic carbocycles. The Kier molecular flexibility index (Phi) is 10.2. The molecule has 0 N–H and O–H groups in total. The Balaban J connectivity index is 1.12. The highest BCUT2D eigenvalue weighted by atomic mass is 19.1. The van der Waals surface area contributed by atoms with E-state index in [0.717, 1.165) is 35.8 Å². The molecule has 4 aromatic rings. The zero-order valence-corrected chi connectivity index (χ0v) is 24.9. The zero-order valence-electron chi connectivity index (χ0n) is 24.9. The van der Waals surface area contributed by atoms with Crippen LogP contribution in [0.1, 0.15) is 92.5 Å². The van der Waals surface area contributed by atoms with Crippen LogP contribution in [-0.4, -0.2) is 0 Å². The molecule has 0 aromatic heterocycles. The summed E-state index contributed by atoms with van der Waals surface area (Å²) in [5.41, 5.74) is 7.99. The van der Waals surface area contributed by atoms with Crippen molar-refractivity contribution < 1.29 is 4.39 Å². The van der Waals surface area contributed by atoms with E-state index < -0.39 is 0 Å². The zero-order chi connectivity index (χ0) is 28.4. The summed E-state index contributed by atoms with van der Waals surface area (Å²) < 4.78 is 14.9. The second kappa shape index (κ2) is 14.4. The predicted octanol–water partition coefficient (Wildman–Crippen LogP) is 11.5. The highest BCUT2D eigenvalue weighted by Crippen LogP contribution is 2.34. The molecule has 0 amide bonds. The summed E-state index contributed by atoms with van der Waals surface area (Å²) in [6.45, 7) is 4.58. The fraction of sp³-hybridized carbons (Fsp3) is 0.350. The molecule has 212 valence electrons. The van der Waals surface area contributed by atoms with E-state index in [4.69, 9.17) is 0 Å². The molecule has 41 heavy (non-hydrogen) atoms. The van der Waals surface area contributed by atoms with Gasteiger partial charge in [0.1, 0.15) is 5.82 Å². The second-order valence-corrected chi connectivity index (χ2v) is 12.2. The summed E-state index contributed by atoms with van der Waals surface area (Å²) in [6, 6.07) is 33.9. The van der Waals surface area contributed by atoms with Crippen molar-refractivity contribution in [3.63, 3.8) is 0 Å². The third kappa shape index (κ3) is 8.29. The second-order valence-electron chi connectivity index (χ2n) is 12.2. The molecule has 0 bridgehead atoms. The van der Waals surface area contributed by atoms with Crippen molar-refractivity contribution in [2.75, 3.05) is 0 Å². The lowest BCUT2D eigenvalue weighted by atomic mass is 9.78. The quantitative estimate of drug-likeness (QED) is 0.165. The molecule has 0 unspecified atom stereocenters. The molecule has 0 aliphatic heterocycles. The number of aryl methyl sites for hydroxylation is 1. The SMILES string of the molecule is CCCC1CCC(CCc2ccc(C=Cc3ccc(-c4ccc(C[C@@H](C)c5ccccc5)cc4)cc3)c(F)c2)CC1. The van der Waals surface area contributed by atoms with Gasteiger partial charge >= 0.3 is 0 Å². The van der Waals surface area contributed by atoms with E-state index in [0.29, 0.717) is 11.5 Å². The van der Waals surface area contributed by atoms with Crippen molar-refractivity contribution in [2.24, 2.45) is 11.8 Å². The van der Waals surface area contributed by atoms with Gasteiger partial charge < -0.3 is 0 Å². The van der Waals surface area contributed by atoms with Gasteiger partial charge in [0.2, 0.25) is 0 Å². The fourth-order valence-corrected chi connectivity index (χ4v) is 6.51. The Hall–Kier alpha value is -3.45. The van der Waals surface area contributed by atoms with Gasteiger partial charge in [-0.15, -0.1) is 0 Å². The van der Waals surface area contributed by atoms with Gasteiger partial charge in [-0.2, -0.15) is 0 Å². The summed E-state index contributed by atoms with van der Waals surface area (Å²) in [7, 11) is 0. The van der Waals surface area contributed by atoms with Crippen LogP contribution in [-0.2, 0) is 12.8 Å². The molecule has 0 spiro atoms. The van der Waals surface area contributed by atoms with Crippen molar-refractivity contribution in [1.29, 1.82) is 0 Å². The van der Waals surface area contributed by atoms with Crippen molar-refractivity contribution >= 4 is 12.2 Å². The van der Waals surface area contributed by atoms with E-state index >= 15 is 0 Å². The van der Waals surface area contributed by atoms with Crippen LogP contribution in [0, 0.1) is 17.7 Å². The molecule has 1 fully saturated rings. The lowest BCUT2D eigenvalue weighted by molar-refractivity contribution is 0.252. The minimum absolute atomic E-state index is 0.122. The van der Waals surface area contributed by atoms with Gasteiger partial charge in [-0.3, -0.25) is 0 Å².